The zero-order valence-corrected chi connectivity index (χ0v) is 21.0. The first-order valence-electron chi connectivity index (χ1n) is 10.6. The third-order valence-electron chi connectivity index (χ3n) is 5.25. The van der Waals surface area contributed by atoms with Crippen LogP contribution >= 0.6 is 0 Å². The molecule has 0 fully saturated rings. The van der Waals surface area contributed by atoms with Crippen LogP contribution in [-0.2, 0) is 23.4 Å². The molecular formula is C24H26N2O9S. The second-order valence-electron chi connectivity index (χ2n) is 7.42. The Morgan fingerprint density at radius 3 is 1.56 bits per heavy atom. The second kappa shape index (κ2) is 11.6. The minimum atomic E-state index is -4.40. The van der Waals surface area contributed by atoms with Crippen molar-refractivity contribution in [2.24, 2.45) is 0 Å². The van der Waals surface area contributed by atoms with Crippen molar-refractivity contribution in [3.63, 3.8) is 0 Å². The molecule has 192 valence electrons. The quantitative estimate of drug-likeness (QED) is 0.259. The lowest BCUT2D eigenvalue weighted by molar-refractivity contribution is -0.384. The van der Waals surface area contributed by atoms with Gasteiger partial charge in [-0.25, -0.2) is 0 Å². The average Bonchev–Trinajstić information content (AvgIpc) is 2.88. The predicted octanol–water partition coefficient (Wildman–Crippen LogP) is 3.96. The third kappa shape index (κ3) is 6.34. The van der Waals surface area contributed by atoms with E-state index < -0.39 is 15.2 Å². The smallest absolute Gasteiger partial charge is 0.385 e. The van der Waals surface area contributed by atoms with Crippen molar-refractivity contribution in [2.45, 2.75) is 13.1 Å². The van der Waals surface area contributed by atoms with Crippen LogP contribution in [0.5, 0.6) is 28.7 Å². The van der Waals surface area contributed by atoms with Crippen LogP contribution in [0.25, 0.3) is 0 Å². The van der Waals surface area contributed by atoms with E-state index in [9.17, 15) is 18.5 Å². The van der Waals surface area contributed by atoms with E-state index in [4.69, 9.17) is 23.1 Å². The highest BCUT2D eigenvalue weighted by Gasteiger charge is 2.28. The van der Waals surface area contributed by atoms with Gasteiger partial charge in [-0.05, 0) is 24.3 Å². The molecule has 12 heteroatoms. The number of non-ortho nitro benzene ring substituents is 1. The minimum absolute atomic E-state index is 0.0750. The lowest BCUT2D eigenvalue weighted by Crippen LogP contribution is -2.34. The van der Waals surface area contributed by atoms with Crippen molar-refractivity contribution in [1.29, 1.82) is 0 Å². The fourth-order valence-electron chi connectivity index (χ4n) is 3.36. The van der Waals surface area contributed by atoms with Crippen LogP contribution in [0.3, 0.4) is 0 Å². The molecule has 0 saturated heterocycles. The molecule has 0 heterocycles. The molecule has 0 bridgehead atoms. The molecule has 0 aliphatic carbocycles. The molecule has 0 N–H and O–H groups in total. The Bertz CT molecular complexity index is 1250. The monoisotopic (exact) mass is 518 g/mol. The summed E-state index contributed by atoms with van der Waals surface area (Å²) in [5.41, 5.74) is 0.922. The number of ether oxygens (including phenoxy) is 4. The summed E-state index contributed by atoms with van der Waals surface area (Å²) < 4.78 is 54.6. The number of hydrogen-bond donors (Lipinski definition) is 0. The van der Waals surface area contributed by atoms with Crippen LogP contribution in [0.4, 0.5) is 5.69 Å². The van der Waals surface area contributed by atoms with Gasteiger partial charge < -0.3 is 23.1 Å². The number of nitrogens with zero attached hydrogens (tertiary/aromatic N) is 2. The number of nitro benzene ring substituents is 1. The summed E-state index contributed by atoms with van der Waals surface area (Å²) >= 11 is 0. The van der Waals surface area contributed by atoms with Crippen LogP contribution < -0.4 is 23.1 Å². The maximum atomic E-state index is 13.4. The Kier molecular flexibility index (Phi) is 8.56. The van der Waals surface area contributed by atoms with Gasteiger partial charge in [-0.3, -0.25) is 10.1 Å². The normalized spacial score (nSPS) is 11.1. The molecule has 0 saturated carbocycles. The van der Waals surface area contributed by atoms with Crippen molar-refractivity contribution in [2.75, 3.05) is 28.4 Å². The van der Waals surface area contributed by atoms with E-state index in [-0.39, 0.29) is 24.5 Å². The minimum Gasteiger partial charge on any atom is -0.497 e. The number of rotatable bonds is 12. The molecule has 0 aromatic heterocycles. The maximum absolute atomic E-state index is 13.4. The molecule has 0 amide bonds. The van der Waals surface area contributed by atoms with Crippen LogP contribution in [0, 0.1) is 10.1 Å². The Morgan fingerprint density at radius 2 is 1.17 bits per heavy atom. The van der Waals surface area contributed by atoms with Gasteiger partial charge in [-0.15, -0.1) is 0 Å². The van der Waals surface area contributed by atoms with Gasteiger partial charge in [0.2, 0.25) is 0 Å². The summed E-state index contributed by atoms with van der Waals surface area (Å²) in [4.78, 5) is 10.3. The van der Waals surface area contributed by atoms with Gasteiger partial charge in [0.1, 0.15) is 28.7 Å². The first-order chi connectivity index (χ1) is 17.2. The van der Waals surface area contributed by atoms with Crippen molar-refractivity contribution in [3.05, 3.63) is 81.9 Å². The van der Waals surface area contributed by atoms with Crippen LogP contribution in [0.1, 0.15) is 11.1 Å². The first-order valence-corrected chi connectivity index (χ1v) is 11.9. The molecule has 0 radical (unpaired) electrons. The highest BCUT2D eigenvalue weighted by atomic mass is 32.2. The summed E-state index contributed by atoms with van der Waals surface area (Å²) in [6, 6.07) is 14.8. The van der Waals surface area contributed by atoms with Crippen molar-refractivity contribution in [1.82, 2.24) is 4.31 Å². The second-order valence-corrected chi connectivity index (χ2v) is 8.95. The number of methoxy groups -OCH3 is 4. The maximum Gasteiger partial charge on any atom is 0.385 e. The summed E-state index contributed by atoms with van der Waals surface area (Å²) in [5.74, 6) is 1.86. The van der Waals surface area contributed by atoms with Gasteiger partial charge in [-0.1, -0.05) is 12.1 Å². The molecule has 36 heavy (non-hydrogen) atoms. The van der Waals surface area contributed by atoms with Crippen LogP contribution in [-0.4, -0.2) is 46.1 Å². The Hall–Kier alpha value is -4.03. The van der Waals surface area contributed by atoms with Gasteiger partial charge in [0.15, 0.2) is 0 Å². The van der Waals surface area contributed by atoms with E-state index in [1.165, 1.54) is 40.6 Å². The number of benzene rings is 3. The lowest BCUT2D eigenvalue weighted by Gasteiger charge is -2.24. The van der Waals surface area contributed by atoms with E-state index in [1.807, 2.05) is 0 Å². The fraction of sp³-hybridized carbons (Fsp3) is 0.250. The van der Waals surface area contributed by atoms with Crippen molar-refractivity contribution < 1.29 is 36.5 Å². The molecule has 0 aliphatic heterocycles. The van der Waals surface area contributed by atoms with Gasteiger partial charge >= 0.3 is 10.3 Å². The Balaban J connectivity index is 1.99. The fourth-order valence-corrected chi connectivity index (χ4v) is 4.41. The number of nitro groups is 1. The standard InChI is InChI=1S/C24H26N2O9S/c1-31-21-9-5-17(23(13-21)33-3)15-25(16-18-6-10-22(32-2)14-24(18)34-4)36(29,30)35-20-11-7-19(8-12-20)26(27)28/h5-14H,15-16H2,1-4H3. The molecule has 11 nitrogen and oxygen atoms in total. The molecule has 3 aromatic carbocycles. The summed E-state index contributed by atoms with van der Waals surface area (Å²) in [7, 11) is 1.57. The third-order valence-corrected chi connectivity index (χ3v) is 6.54. The van der Waals surface area contributed by atoms with E-state index in [1.54, 1.807) is 36.4 Å². The van der Waals surface area contributed by atoms with Gasteiger partial charge in [0.05, 0.1) is 33.4 Å². The largest absolute Gasteiger partial charge is 0.497 e. The Labute approximate surface area is 209 Å². The summed E-state index contributed by atoms with van der Waals surface area (Å²) in [6.45, 7) is -0.227. The van der Waals surface area contributed by atoms with Crippen LogP contribution in [0.15, 0.2) is 60.7 Å². The van der Waals surface area contributed by atoms with Crippen molar-refractivity contribution in [3.8, 4) is 28.7 Å². The van der Waals surface area contributed by atoms with Gasteiger partial charge in [0, 0.05) is 48.5 Å². The first kappa shape index (κ1) is 26.6. The highest BCUT2D eigenvalue weighted by molar-refractivity contribution is 7.84. The zero-order chi connectivity index (χ0) is 26.3. The lowest BCUT2D eigenvalue weighted by atomic mass is 10.1. The molecule has 0 atom stereocenters. The van der Waals surface area contributed by atoms with E-state index >= 15 is 0 Å². The predicted molar refractivity (Wildman–Crippen MR) is 131 cm³/mol. The Morgan fingerprint density at radius 1 is 0.722 bits per heavy atom. The summed E-state index contributed by atoms with van der Waals surface area (Å²) in [5, 5.41) is 10.9. The summed E-state index contributed by atoms with van der Waals surface area (Å²) in [6.07, 6.45) is 0. The van der Waals surface area contributed by atoms with Gasteiger partial charge in [-0.2, -0.15) is 12.7 Å². The molecule has 0 spiro atoms. The van der Waals surface area contributed by atoms with Crippen molar-refractivity contribution >= 4 is 16.0 Å². The van der Waals surface area contributed by atoms with Crippen LogP contribution in [0.2, 0.25) is 0 Å². The van der Waals surface area contributed by atoms with E-state index in [0.717, 1.165) is 16.4 Å². The highest BCUT2D eigenvalue weighted by Crippen LogP contribution is 2.31. The van der Waals surface area contributed by atoms with E-state index in [0.29, 0.717) is 34.1 Å². The van der Waals surface area contributed by atoms with E-state index in [2.05, 4.69) is 0 Å². The zero-order valence-electron chi connectivity index (χ0n) is 20.2. The molecular weight excluding hydrogens is 492 g/mol. The average molecular weight is 519 g/mol. The SMILES string of the molecule is COc1ccc(CN(Cc2ccc(OC)cc2OC)S(=O)(=O)Oc2ccc([N+](=O)[O-])cc2)c(OC)c1. The number of hydrogen-bond acceptors (Lipinski definition) is 9. The molecule has 0 unspecified atom stereocenters. The van der Waals surface area contributed by atoms with Gasteiger partial charge in [0.25, 0.3) is 5.69 Å². The molecule has 0 aliphatic rings. The molecule has 3 rings (SSSR count). The topological polar surface area (TPSA) is 127 Å². The molecule has 3 aromatic rings.